The van der Waals surface area contributed by atoms with Crippen LogP contribution in [0.1, 0.15) is 52.4 Å². The summed E-state index contributed by atoms with van der Waals surface area (Å²) >= 11 is 0. The number of rotatable bonds is 1. The monoisotopic (exact) mass is 310 g/mol. The molecule has 0 aromatic rings. The van der Waals surface area contributed by atoms with E-state index >= 15 is 0 Å². The smallest absolute Gasteiger partial charge is 0.178 e. The molecule has 2 nitrogen and oxygen atoms in total. The minimum atomic E-state index is 0.0801. The van der Waals surface area contributed by atoms with Gasteiger partial charge in [-0.25, -0.2) is 4.79 Å². The number of ketones is 1. The maximum Gasteiger partial charge on any atom is 0.178 e. The molecule has 122 valence electrons. The Labute approximate surface area is 138 Å². The van der Waals surface area contributed by atoms with Crippen LogP contribution in [-0.2, 0) is 9.59 Å². The van der Waals surface area contributed by atoms with Gasteiger partial charge in [-0.05, 0) is 79.8 Å². The van der Waals surface area contributed by atoms with Crippen molar-refractivity contribution in [3.05, 3.63) is 29.9 Å². The van der Waals surface area contributed by atoms with Gasteiger partial charge in [0.15, 0.2) is 5.78 Å². The molecule has 0 unspecified atom stereocenters. The highest BCUT2D eigenvalue weighted by Crippen LogP contribution is 2.65. The van der Waals surface area contributed by atoms with Crippen LogP contribution in [0.15, 0.2) is 29.9 Å². The molecule has 4 aliphatic carbocycles. The average molecular weight is 310 g/mol. The van der Waals surface area contributed by atoms with Gasteiger partial charge < -0.3 is 0 Å². The van der Waals surface area contributed by atoms with Crippen molar-refractivity contribution in [2.75, 3.05) is 0 Å². The van der Waals surface area contributed by atoms with Gasteiger partial charge in [-0.3, -0.25) is 4.79 Å². The SMILES string of the molecule is C[C@]12CC[C@H]3[C@@H](CCC4=CC(=O)C=C[C@@]43C)[C@@H]1CC[C@@H]2C=C=O. The Morgan fingerprint density at radius 1 is 1.17 bits per heavy atom. The largest absolute Gasteiger partial charge is 0.290 e. The second-order valence-electron chi connectivity index (χ2n) is 8.62. The van der Waals surface area contributed by atoms with E-state index in [1.54, 1.807) is 12.2 Å². The van der Waals surface area contributed by atoms with E-state index < -0.39 is 0 Å². The van der Waals surface area contributed by atoms with Gasteiger partial charge in [0.25, 0.3) is 0 Å². The summed E-state index contributed by atoms with van der Waals surface area (Å²) in [5.74, 6) is 4.76. The van der Waals surface area contributed by atoms with Crippen molar-refractivity contribution in [1.29, 1.82) is 0 Å². The van der Waals surface area contributed by atoms with Crippen LogP contribution < -0.4 is 0 Å². The van der Waals surface area contributed by atoms with Gasteiger partial charge in [-0.2, -0.15) is 0 Å². The van der Waals surface area contributed by atoms with E-state index in [9.17, 15) is 9.59 Å². The minimum absolute atomic E-state index is 0.0801. The maximum absolute atomic E-state index is 11.8. The molecule has 3 saturated carbocycles. The van der Waals surface area contributed by atoms with Gasteiger partial charge in [0.05, 0.1) is 0 Å². The Kier molecular flexibility index (Phi) is 3.32. The molecule has 0 radical (unpaired) electrons. The highest BCUT2D eigenvalue weighted by Gasteiger charge is 2.57. The van der Waals surface area contributed by atoms with Crippen LogP contribution in [0.2, 0.25) is 0 Å². The predicted octanol–water partition coefficient (Wildman–Crippen LogP) is 4.30. The molecular weight excluding hydrogens is 284 g/mol. The van der Waals surface area contributed by atoms with Crippen molar-refractivity contribution in [3.63, 3.8) is 0 Å². The minimum Gasteiger partial charge on any atom is -0.290 e. The molecule has 2 heteroatoms. The molecule has 0 aromatic carbocycles. The first kappa shape index (κ1) is 15.1. The Morgan fingerprint density at radius 2 is 2.00 bits per heavy atom. The summed E-state index contributed by atoms with van der Waals surface area (Å²) in [7, 11) is 0. The summed E-state index contributed by atoms with van der Waals surface area (Å²) < 4.78 is 0. The molecule has 4 aliphatic rings. The summed E-state index contributed by atoms with van der Waals surface area (Å²) in [4.78, 5) is 22.7. The van der Waals surface area contributed by atoms with Gasteiger partial charge in [0, 0.05) is 11.5 Å². The number of hydrogen-bond donors (Lipinski definition) is 0. The van der Waals surface area contributed by atoms with E-state index in [4.69, 9.17) is 0 Å². The number of carbonyl (C=O) groups excluding carboxylic acids is 2. The van der Waals surface area contributed by atoms with E-state index in [1.807, 2.05) is 6.08 Å². The molecule has 6 atom stereocenters. The topological polar surface area (TPSA) is 34.1 Å². The second-order valence-corrected chi connectivity index (χ2v) is 8.62. The van der Waals surface area contributed by atoms with Crippen LogP contribution in [0.4, 0.5) is 0 Å². The Hall–Kier alpha value is -1.40. The zero-order valence-corrected chi connectivity index (χ0v) is 14.2. The van der Waals surface area contributed by atoms with Gasteiger partial charge >= 0.3 is 0 Å². The zero-order valence-electron chi connectivity index (χ0n) is 14.2. The van der Waals surface area contributed by atoms with Gasteiger partial charge in [0.1, 0.15) is 5.94 Å². The van der Waals surface area contributed by atoms with Crippen molar-refractivity contribution in [1.82, 2.24) is 0 Å². The Balaban J connectivity index is 1.68. The van der Waals surface area contributed by atoms with Crippen LogP contribution in [-0.4, -0.2) is 11.7 Å². The third-order valence-corrected chi connectivity index (χ3v) is 7.90. The molecule has 23 heavy (non-hydrogen) atoms. The summed E-state index contributed by atoms with van der Waals surface area (Å²) in [6, 6.07) is 0. The van der Waals surface area contributed by atoms with E-state index in [1.165, 1.54) is 31.3 Å². The fourth-order valence-electron chi connectivity index (χ4n) is 6.59. The highest BCUT2D eigenvalue weighted by atomic mass is 16.1. The molecule has 0 amide bonds. The van der Waals surface area contributed by atoms with Crippen LogP contribution in [0.5, 0.6) is 0 Å². The number of hydrogen-bond acceptors (Lipinski definition) is 2. The molecule has 0 aromatic heterocycles. The number of allylic oxidation sites excluding steroid dienone is 5. The zero-order chi connectivity index (χ0) is 16.2. The van der Waals surface area contributed by atoms with E-state index in [2.05, 4.69) is 25.9 Å². The summed E-state index contributed by atoms with van der Waals surface area (Å²) in [6.45, 7) is 4.76. The maximum atomic E-state index is 11.8. The number of fused-ring (bicyclic) bond motifs is 5. The third kappa shape index (κ3) is 2.01. The molecule has 0 aliphatic heterocycles. The fourth-order valence-corrected chi connectivity index (χ4v) is 6.59. The van der Waals surface area contributed by atoms with Gasteiger partial charge in [-0.1, -0.05) is 25.5 Å². The standard InChI is InChI=1S/C21H26O2/c1-20-11-8-19-17(18(20)6-4-14(20)9-12-22)5-3-15-13-16(23)7-10-21(15,19)2/h7,9-10,13-14,17-19H,3-6,8,11H2,1-2H3/t14-,17+,18+,19+,20-,21+/m1/s1. The van der Waals surface area contributed by atoms with Crippen LogP contribution in [0, 0.1) is 34.5 Å². The van der Waals surface area contributed by atoms with E-state index in [0.717, 1.165) is 24.7 Å². The lowest BCUT2D eigenvalue weighted by molar-refractivity contribution is -0.111. The molecule has 3 fully saturated rings. The lowest BCUT2D eigenvalue weighted by atomic mass is 9.48. The Bertz CT molecular complexity index is 651. The van der Waals surface area contributed by atoms with Crippen LogP contribution in [0.3, 0.4) is 0 Å². The van der Waals surface area contributed by atoms with Crippen molar-refractivity contribution in [2.45, 2.75) is 52.4 Å². The molecular formula is C21H26O2. The first-order valence-corrected chi connectivity index (χ1v) is 9.14. The normalized spacial score (nSPS) is 47.9. The summed E-state index contributed by atoms with van der Waals surface area (Å²) in [5.41, 5.74) is 1.72. The van der Waals surface area contributed by atoms with Crippen molar-refractivity contribution in [2.24, 2.45) is 34.5 Å². The highest BCUT2D eigenvalue weighted by molar-refractivity contribution is 6.01. The summed E-state index contributed by atoms with van der Waals surface area (Å²) in [5, 5.41) is 0. The number of carbonyl (C=O) groups is 1. The molecule has 0 saturated heterocycles. The van der Waals surface area contributed by atoms with E-state index in [-0.39, 0.29) is 16.6 Å². The third-order valence-electron chi connectivity index (χ3n) is 7.90. The molecule has 4 rings (SSSR count). The van der Waals surface area contributed by atoms with Crippen molar-refractivity contribution in [3.8, 4) is 0 Å². The van der Waals surface area contributed by atoms with Crippen molar-refractivity contribution < 1.29 is 9.59 Å². The lowest BCUT2D eigenvalue weighted by Gasteiger charge is -2.56. The molecule has 0 heterocycles. The van der Waals surface area contributed by atoms with E-state index in [0.29, 0.717) is 11.8 Å². The van der Waals surface area contributed by atoms with Crippen LogP contribution in [0.25, 0.3) is 0 Å². The van der Waals surface area contributed by atoms with Gasteiger partial charge in [0.2, 0.25) is 0 Å². The quantitative estimate of drug-likeness (QED) is 0.677. The summed E-state index contributed by atoms with van der Waals surface area (Å²) in [6.07, 6.45) is 14.8. The molecule has 0 N–H and O–H groups in total. The predicted molar refractivity (Wildman–Crippen MR) is 90.4 cm³/mol. The average Bonchev–Trinajstić information content (AvgIpc) is 2.85. The first-order valence-electron chi connectivity index (χ1n) is 9.14. The second kappa shape index (κ2) is 5.05. The molecule has 0 bridgehead atoms. The van der Waals surface area contributed by atoms with Crippen LogP contribution >= 0.6 is 0 Å². The molecule has 0 spiro atoms. The van der Waals surface area contributed by atoms with Crippen molar-refractivity contribution >= 4 is 11.7 Å². The Morgan fingerprint density at radius 3 is 2.78 bits per heavy atom. The first-order chi connectivity index (χ1) is 11.0. The lowest BCUT2D eigenvalue weighted by Crippen LogP contribution is -2.49. The van der Waals surface area contributed by atoms with Gasteiger partial charge in [-0.15, -0.1) is 0 Å². The fraction of sp³-hybridized carbons (Fsp3) is 0.667.